The molecule has 0 spiro atoms. The summed E-state index contributed by atoms with van der Waals surface area (Å²) in [6.45, 7) is 36.3. The van der Waals surface area contributed by atoms with Gasteiger partial charge in [-0.05, 0) is 255 Å². The predicted molar refractivity (Wildman–Crippen MR) is 587 cm³/mol. The van der Waals surface area contributed by atoms with Gasteiger partial charge >= 0.3 is 14.2 Å². The first-order valence-corrected chi connectivity index (χ1v) is 57.8. The second-order valence-corrected chi connectivity index (χ2v) is 49.2. The van der Waals surface area contributed by atoms with Crippen molar-refractivity contribution in [3.63, 3.8) is 0 Å². The van der Waals surface area contributed by atoms with Crippen molar-refractivity contribution in [2.75, 3.05) is 0 Å². The van der Waals surface area contributed by atoms with E-state index >= 15 is 17.6 Å². The van der Waals surface area contributed by atoms with Crippen molar-refractivity contribution in [1.29, 1.82) is 0 Å². The van der Waals surface area contributed by atoms with Gasteiger partial charge in [0.15, 0.2) is 23.3 Å². The Labute approximate surface area is 856 Å². The van der Waals surface area contributed by atoms with Crippen molar-refractivity contribution in [2.45, 2.75) is 414 Å². The number of nitrogens with zero attached hydrogens (tertiary/aromatic N) is 6. The average molecular weight is 2080 g/mol. The minimum atomic E-state index is -0.877. The molecular formula is C116H152B2Br2F4N6O4S4. The Balaban J connectivity index is 0.000000172. The summed E-state index contributed by atoms with van der Waals surface area (Å²) in [5.74, 6) is -3.45. The molecule has 138 heavy (non-hydrogen) atoms. The van der Waals surface area contributed by atoms with Crippen molar-refractivity contribution in [3.05, 3.63) is 185 Å². The zero-order chi connectivity index (χ0) is 98.1. The number of aromatic nitrogens is 6. The van der Waals surface area contributed by atoms with Crippen LogP contribution < -0.4 is 10.9 Å². The van der Waals surface area contributed by atoms with Gasteiger partial charge in [0.2, 0.25) is 0 Å². The second kappa shape index (κ2) is 49.0. The van der Waals surface area contributed by atoms with E-state index in [1.807, 2.05) is 37.3 Å². The minimum Gasteiger partial charge on any atom is -0.399 e. The van der Waals surface area contributed by atoms with E-state index < -0.39 is 23.3 Å². The largest absolute Gasteiger partial charge is 0.494 e. The molecule has 0 saturated carbocycles. The fourth-order valence-electron chi connectivity index (χ4n) is 21.2. The third kappa shape index (κ3) is 24.5. The third-order valence-electron chi connectivity index (χ3n) is 30.5. The molecule has 16 rings (SSSR count). The Morgan fingerprint density at radius 1 is 0.297 bits per heavy atom. The summed E-state index contributed by atoms with van der Waals surface area (Å²) in [5.41, 5.74) is 16.9. The van der Waals surface area contributed by atoms with Gasteiger partial charge in [-0.3, -0.25) is 0 Å². The number of unbranched alkanes of at least 4 members (excludes halogenated alkanes) is 30. The van der Waals surface area contributed by atoms with Crippen molar-refractivity contribution in [3.8, 4) is 74.5 Å². The fraction of sp³-hybridized carbons (Fsp3) is 0.552. The second-order valence-electron chi connectivity index (χ2n) is 41.9. The number of fused-ring (bicyclic) bond motifs is 8. The normalized spacial score (nSPS) is 15.6. The van der Waals surface area contributed by atoms with E-state index in [1.165, 1.54) is 301 Å². The summed E-state index contributed by atoms with van der Waals surface area (Å²) in [5, 5.41) is 19.1. The lowest BCUT2D eigenvalue weighted by molar-refractivity contribution is 0.00578. The van der Waals surface area contributed by atoms with Crippen LogP contribution >= 0.6 is 77.2 Å². The van der Waals surface area contributed by atoms with Crippen LogP contribution in [0.1, 0.15) is 386 Å². The summed E-state index contributed by atoms with van der Waals surface area (Å²) in [6, 6.07) is 43.2. The Hall–Kier alpha value is -6.43. The monoisotopic (exact) mass is 2080 g/mol. The van der Waals surface area contributed by atoms with Crippen LogP contribution in [-0.2, 0) is 42.5 Å². The molecule has 2 aliphatic heterocycles. The van der Waals surface area contributed by atoms with Gasteiger partial charge < -0.3 is 18.6 Å². The number of hydrogen-bond acceptors (Lipinski definition) is 12. The molecule has 6 aromatic carbocycles. The molecule has 0 atom stereocenters. The Bertz CT molecular complexity index is 5800. The molecule has 0 N–H and O–H groups in total. The highest BCUT2D eigenvalue weighted by Gasteiger charge is 2.55. The van der Waals surface area contributed by atoms with Crippen LogP contribution in [0, 0.1) is 37.1 Å². The van der Waals surface area contributed by atoms with Crippen LogP contribution in [0.2, 0.25) is 0 Å². The van der Waals surface area contributed by atoms with E-state index in [0.717, 1.165) is 85.2 Å². The van der Waals surface area contributed by atoms with E-state index in [9.17, 15) is 0 Å². The number of benzene rings is 6. The minimum absolute atomic E-state index is 0.0294. The van der Waals surface area contributed by atoms with E-state index in [4.69, 9.17) is 28.8 Å². The maximum absolute atomic E-state index is 16.7. The van der Waals surface area contributed by atoms with E-state index in [1.54, 1.807) is 21.7 Å². The molecule has 6 aromatic heterocycles. The first kappa shape index (κ1) is 107. The average Bonchev–Trinajstić information content (AvgIpc) is 1.56. The molecule has 22 heteroatoms. The molecule has 0 bridgehead atoms. The molecule has 2 aliphatic carbocycles. The fourth-order valence-corrected chi connectivity index (χ4v) is 26.0. The highest BCUT2D eigenvalue weighted by molar-refractivity contribution is 9.11. The van der Waals surface area contributed by atoms with Gasteiger partial charge in [0.05, 0.1) is 65.3 Å². The quantitative estimate of drug-likeness (QED) is 0.0211. The van der Waals surface area contributed by atoms with Gasteiger partial charge in [-0.2, -0.15) is 30.0 Å². The van der Waals surface area contributed by atoms with Gasteiger partial charge in [-0.1, -0.05) is 332 Å². The topological polar surface area (TPSA) is 98.3 Å². The van der Waals surface area contributed by atoms with Gasteiger partial charge in [-0.15, -0.1) is 45.3 Å². The molecule has 0 unspecified atom stereocenters. The number of thiophene rings is 4. The maximum atomic E-state index is 16.7. The number of aryl methyl sites for hydroxylation is 4. The molecule has 2 saturated heterocycles. The SMILES string of the molecule is CCCCCCC1(CCCCCC)c2cc(B3OC(C)(C)C(C)(C)O3)ccc2-c2ccc(B3OC(C)(C)C(C)(C)O3)cc21.CCCCCCCCCCCCn1nc2c(-c3ccc(Br)s3)c(F)c(F)c(-c3ccc(Br)s3)c2n1.CCCCCCCCCCCCn1nc2c(-c3ccc(C)s3)c(F)c(F)c(-c3ccc(-c4ccc5c(c4)C(CCCCCC)(CCCCCC)c4cc(C)ccc4-5)s3)c2n1. The zero-order valence-electron chi connectivity index (χ0n) is 85.6. The standard InChI is InChI=1S/C53H67F2N3S2.C37H56B2O4.C26H29Br2F2N3S2/c1-6-9-12-15-16-17-18-19-20-23-34-58-56-51-47(45-29-25-38(5)59-45)49(54)50(55)48(52(51)57-58)46-31-30-44(60-46)39-26-28-41-40-27-24-37(4)35-42(40)53(43(41)36-39,32-21-13-10-7-2)33-22-14-11-8-3;1-11-13-15-17-23-37(24-18-16-14-12-2)31-25-27(38-40-33(3,4)34(5,6)41-38)19-21-29(31)30-22-20-28(26-32(30)37)39-42-35(7,8)36(9,10)43-39;1-2-3-4-5-6-7-8-9-10-11-16-33-31-25-21(17-12-14-19(27)34-17)23(29)24(30)22(26(25)32-33)18-13-15-20(28)35-18/h24-31,35-36H,6-23,32-34H2,1-5H3;19-22,25-26H,11-18,23-24H2,1-10H3;12-15H,2-11,16H2,1H3. The molecule has 10 nitrogen and oxygen atoms in total. The van der Waals surface area contributed by atoms with Crippen molar-refractivity contribution >= 4 is 124 Å². The number of hydrogen-bond donors (Lipinski definition) is 0. The molecule has 0 amide bonds. The summed E-state index contributed by atoms with van der Waals surface area (Å²) in [6.07, 6.45) is 49.4. The summed E-state index contributed by atoms with van der Waals surface area (Å²) in [4.78, 5) is 8.02. The van der Waals surface area contributed by atoms with Crippen LogP contribution in [0.4, 0.5) is 17.6 Å². The highest BCUT2D eigenvalue weighted by atomic mass is 79.9. The Morgan fingerprint density at radius 2 is 0.572 bits per heavy atom. The Kier molecular flexibility index (Phi) is 38.1. The van der Waals surface area contributed by atoms with Crippen LogP contribution in [0.5, 0.6) is 0 Å². The smallest absolute Gasteiger partial charge is 0.399 e. The molecule has 742 valence electrons. The molecule has 0 radical (unpaired) electrons. The van der Waals surface area contributed by atoms with E-state index in [2.05, 4.69) is 225 Å². The summed E-state index contributed by atoms with van der Waals surface area (Å²) < 4.78 is 92.0. The lowest BCUT2D eigenvalue weighted by Crippen LogP contribution is -2.41. The van der Waals surface area contributed by atoms with Crippen LogP contribution in [0.3, 0.4) is 0 Å². The lowest BCUT2D eigenvalue weighted by Gasteiger charge is -2.33. The number of rotatable bonds is 49. The van der Waals surface area contributed by atoms with Crippen LogP contribution in [0.25, 0.3) is 96.5 Å². The van der Waals surface area contributed by atoms with E-state index in [0.29, 0.717) is 54.7 Å². The van der Waals surface area contributed by atoms with Gasteiger partial charge in [-0.25, -0.2) is 17.6 Å². The van der Waals surface area contributed by atoms with Gasteiger partial charge in [0, 0.05) is 40.1 Å². The van der Waals surface area contributed by atoms with Gasteiger partial charge in [0.25, 0.3) is 0 Å². The van der Waals surface area contributed by atoms with Crippen molar-refractivity contribution in [2.24, 2.45) is 0 Å². The maximum Gasteiger partial charge on any atom is 0.494 e. The molecule has 8 heterocycles. The van der Waals surface area contributed by atoms with Gasteiger partial charge in [0.1, 0.15) is 22.1 Å². The molecule has 2 fully saturated rings. The summed E-state index contributed by atoms with van der Waals surface area (Å²) in [7, 11) is -0.727. The predicted octanol–water partition coefficient (Wildman–Crippen LogP) is 36.7. The summed E-state index contributed by atoms with van der Waals surface area (Å²) >= 11 is 12.6. The Morgan fingerprint density at radius 3 is 0.899 bits per heavy atom. The highest BCUT2D eigenvalue weighted by Crippen LogP contribution is 2.58. The third-order valence-corrected chi connectivity index (χ3v) is 36.0. The van der Waals surface area contributed by atoms with Crippen LogP contribution in [-0.4, -0.2) is 66.6 Å². The van der Waals surface area contributed by atoms with Crippen LogP contribution in [0.15, 0.2) is 129 Å². The number of halogens is 6. The molecular weight excluding hydrogens is 1930 g/mol. The van der Waals surface area contributed by atoms with Crippen molar-refractivity contribution in [1.82, 2.24) is 30.0 Å². The first-order valence-electron chi connectivity index (χ1n) is 52.9. The lowest BCUT2D eigenvalue weighted by atomic mass is 9.67. The first-order chi connectivity index (χ1) is 66.5. The molecule has 4 aliphatic rings. The molecule has 12 aromatic rings. The van der Waals surface area contributed by atoms with Crippen molar-refractivity contribution < 1.29 is 36.2 Å². The zero-order valence-corrected chi connectivity index (χ0v) is 92.1. The van der Waals surface area contributed by atoms with E-state index in [-0.39, 0.29) is 69.7 Å².